The van der Waals surface area contributed by atoms with Crippen LogP contribution in [0.25, 0.3) is 11.0 Å². The predicted molar refractivity (Wildman–Crippen MR) is 133 cm³/mol. The van der Waals surface area contributed by atoms with Crippen molar-refractivity contribution in [2.24, 2.45) is 0 Å². The van der Waals surface area contributed by atoms with Gasteiger partial charge in [0.2, 0.25) is 0 Å². The van der Waals surface area contributed by atoms with Crippen molar-refractivity contribution in [3.8, 4) is 11.5 Å². The van der Waals surface area contributed by atoms with Crippen molar-refractivity contribution in [1.29, 1.82) is 0 Å². The van der Waals surface area contributed by atoms with Gasteiger partial charge in [-0.05, 0) is 36.4 Å². The number of halogens is 3. The number of benzene rings is 3. The van der Waals surface area contributed by atoms with Crippen molar-refractivity contribution in [3.63, 3.8) is 0 Å². The van der Waals surface area contributed by atoms with Crippen LogP contribution in [-0.2, 0) is 6.54 Å². The zero-order chi connectivity index (χ0) is 25.8. The number of urea groups is 1. The van der Waals surface area contributed by atoms with E-state index < -0.39 is 23.5 Å². The molecule has 1 fully saturated rings. The van der Waals surface area contributed by atoms with Crippen LogP contribution >= 0.6 is 0 Å². The van der Waals surface area contributed by atoms with E-state index in [-0.39, 0.29) is 17.1 Å². The molecule has 2 amide bonds. The zero-order valence-corrected chi connectivity index (χ0v) is 19.6. The first-order valence-electron chi connectivity index (χ1n) is 11.6. The molecule has 0 saturated carbocycles. The largest absolute Gasteiger partial charge is 0.454 e. The van der Waals surface area contributed by atoms with Crippen molar-refractivity contribution < 1.29 is 22.7 Å². The third-order valence-corrected chi connectivity index (χ3v) is 5.75. The normalized spacial score (nSPS) is 13.9. The molecule has 1 aliphatic heterocycles. The highest BCUT2D eigenvalue weighted by molar-refractivity contribution is 5.99. The van der Waals surface area contributed by atoms with Gasteiger partial charge < -0.3 is 20.7 Å². The number of piperazine rings is 1. The first-order chi connectivity index (χ1) is 17.9. The first-order valence-corrected chi connectivity index (χ1v) is 11.6. The molecule has 190 valence electrons. The molecule has 5 rings (SSSR count). The van der Waals surface area contributed by atoms with Crippen LogP contribution in [-0.4, -0.2) is 47.1 Å². The molecule has 0 unspecified atom stereocenters. The minimum absolute atomic E-state index is 0.0589. The Morgan fingerprint density at radius 3 is 2.38 bits per heavy atom. The number of nitrogens with zero attached hydrogens (tertiary/aromatic N) is 3. The van der Waals surface area contributed by atoms with Gasteiger partial charge >= 0.3 is 6.03 Å². The van der Waals surface area contributed by atoms with Gasteiger partial charge in [0.1, 0.15) is 5.75 Å². The molecule has 0 aliphatic carbocycles. The second-order valence-electron chi connectivity index (χ2n) is 8.49. The van der Waals surface area contributed by atoms with Crippen LogP contribution in [0, 0.1) is 17.5 Å². The number of ether oxygens (including phenoxy) is 1. The molecule has 3 N–H and O–H groups in total. The summed E-state index contributed by atoms with van der Waals surface area (Å²) in [7, 11) is 0. The average molecular weight is 509 g/mol. The van der Waals surface area contributed by atoms with Gasteiger partial charge in [-0.15, -0.1) is 0 Å². The summed E-state index contributed by atoms with van der Waals surface area (Å²) >= 11 is 0. The van der Waals surface area contributed by atoms with E-state index >= 15 is 0 Å². The number of nitrogens with one attached hydrogen (secondary N) is 3. The van der Waals surface area contributed by atoms with E-state index in [4.69, 9.17) is 4.74 Å². The predicted octanol–water partition coefficient (Wildman–Crippen LogP) is 4.89. The average Bonchev–Trinajstić information content (AvgIpc) is 2.89. The first kappa shape index (κ1) is 24.5. The molecular formula is C26H23F3N6O2. The van der Waals surface area contributed by atoms with E-state index in [1.54, 1.807) is 24.4 Å². The van der Waals surface area contributed by atoms with Crippen molar-refractivity contribution >= 4 is 28.4 Å². The van der Waals surface area contributed by atoms with Gasteiger partial charge in [0, 0.05) is 62.3 Å². The summed E-state index contributed by atoms with van der Waals surface area (Å²) in [5.74, 6) is -2.52. The van der Waals surface area contributed by atoms with E-state index in [2.05, 4.69) is 30.8 Å². The van der Waals surface area contributed by atoms with Crippen LogP contribution in [0.15, 0.2) is 60.8 Å². The molecule has 1 aliphatic rings. The molecule has 1 saturated heterocycles. The highest BCUT2D eigenvalue weighted by Gasteiger charge is 2.13. The van der Waals surface area contributed by atoms with Crippen LogP contribution in [0.2, 0.25) is 0 Å². The highest BCUT2D eigenvalue weighted by Crippen LogP contribution is 2.29. The monoisotopic (exact) mass is 508 g/mol. The Kier molecular flexibility index (Phi) is 7.15. The van der Waals surface area contributed by atoms with Crippen molar-refractivity contribution in [2.45, 2.75) is 6.54 Å². The third-order valence-electron chi connectivity index (χ3n) is 5.75. The van der Waals surface area contributed by atoms with Crippen LogP contribution in [0.4, 0.5) is 29.3 Å². The summed E-state index contributed by atoms with van der Waals surface area (Å²) in [5.41, 5.74) is 2.42. The summed E-state index contributed by atoms with van der Waals surface area (Å²) in [6.07, 6.45) is 1.76. The number of fused-ring (bicyclic) bond motifs is 1. The van der Waals surface area contributed by atoms with E-state index in [0.29, 0.717) is 23.3 Å². The van der Waals surface area contributed by atoms with Gasteiger partial charge in [0.15, 0.2) is 23.2 Å². The summed E-state index contributed by atoms with van der Waals surface area (Å²) in [6, 6.07) is 11.1. The number of amides is 2. The standard InChI is InChI=1S/C26H23F3N6O2/c27-20-4-1-16(11-22(20)29)33-26(36)34-17-2-5-21(28)25(12-17)37-19-3-6-23-24(13-19)32-18(14-31-23)15-35-9-7-30-8-10-35/h1-6,11-14,30H,7-10,15H2,(H2,33,34,36). The number of hydrogen-bond donors (Lipinski definition) is 3. The molecule has 0 spiro atoms. The molecule has 8 nitrogen and oxygen atoms in total. The number of hydrogen-bond acceptors (Lipinski definition) is 6. The Bertz CT molecular complexity index is 1450. The minimum atomic E-state index is -1.09. The fourth-order valence-electron chi connectivity index (χ4n) is 3.92. The van der Waals surface area contributed by atoms with Gasteiger partial charge in [-0.1, -0.05) is 0 Å². The maximum absolute atomic E-state index is 14.5. The van der Waals surface area contributed by atoms with E-state index in [1.807, 2.05) is 0 Å². The number of carbonyl (C=O) groups excluding carboxylic acids is 1. The number of rotatable bonds is 6. The SMILES string of the molecule is O=C(Nc1ccc(F)c(F)c1)Nc1ccc(F)c(Oc2ccc3ncc(CN4CCNCC4)nc3c2)c1. The fraction of sp³-hybridized carbons (Fsp3) is 0.192. The van der Waals surface area contributed by atoms with E-state index in [9.17, 15) is 18.0 Å². The quantitative estimate of drug-likeness (QED) is 0.344. The Morgan fingerprint density at radius 2 is 1.62 bits per heavy atom. The highest BCUT2D eigenvalue weighted by atomic mass is 19.2. The lowest BCUT2D eigenvalue weighted by Crippen LogP contribution is -2.43. The van der Waals surface area contributed by atoms with Crippen molar-refractivity contribution in [1.82, 2.24) is 20.2 Å². The molecular weight excluding hydrogens is 485 g/mol. The van der Waals surface area contributed by atoms with E-state index in [1.165, 1.54) is 18.2 Å². The van der Waals surface area contributed by atoms with Gasteiger partial charge in [-0.2, -0.15) is 0 Å². The Labute approximate surface area is 210 Å². The molecule has 0 bridgehead atoms. The van der Waals surface area contributed by atoms with Crippen molar-refractivity contribution in [2.75, 3.05) is 36.8 Å². The second kappa shape index (κ2) is 10.8. The van der Waals surface area contributed by atoms with Crippen molar-refractivity contribution in [3.05, 3.63) is 83.9 Å². The molecule has 37 heavy (non-hydrogen) atoms. The summed E-state index contributed by atoms with van der Waals surface area (Å²) < 4.78 is 46.7. The van der Waals surface area contributed by atoms with Gasteiger partial charge in [0.25, 0.3) is 0 Å². The number of aromatic nitrogens is 2. The van der Waals surface area contributed by atoms with E-state index in [0.717, 1.165) is 50.1 Å². The number of anilines is 2. The smallest absolute Gasteiger partial charge is 0.323 e. The third kappa shape index (κ3) is 6.13. The Morgan fingerprint density at radius 1 is 0.892 bits per heavy atom. The lowest BCUT2D eigenvalue weighted by Gasteiger charge is -2.26. The summed E-state index contributed by atoms with van der Waals surface area (Å²) in [5, 5.41) is 8.21. The maximum Gasteiger partial charge on any atom is 0.323 e. The zero-order valence-electron chi connectivity index (χ0n) is 19.6. The Hall–Kier alpha value is -4.22. The van der Waals surface area contributed by atoms with Crippen LogP contribution in [0.1, 0.15) is 5.69 Å². The van der Waals surface area contributed by atoms with Gasteiger partial charge in [-0.3, -0.25) is 9.88 Å². The molecule has 0 atom stereocenters. The van der Waals surface area contributed by atoms with Crippen LogP contribution in [0.5, 0.6) is 11.5 Å². The van der Waals surface area contributed by atoms with Gasteiger partial charge in [0.05, 0.1) is 22.9 Å². The maximum atomic E-state index is 14.5. The summed E-state index contributed by atoms with van der Waals surface area (Å²) in [4.78, 5) is 23.7. The van der Waals surface area contributed by atoms with Crippen LogP contribution < -0.4 is 20.7 Å². The van der Waals surface area contributed by atoms with Gasteiger partial charge in [-0.25, -0.2) is 22.9 Å². The number of carbonyl (C=O) groups is 1. The topological polar surface area (TPSA) is 91.4 Å². The molecule has 4 aromatic rings. The lowest BCUT2D eigenvalue weighted by molar-refractivity contribution is 0.230. The molecule has 1 aromatic heterocycles. The lowest BCUT2D eigenvalue weighted by atomic mass is 10.2. The molecule has 11 heteroatoms. The molecule has 3 aromatic carbocycles. The Balaban J connectivity index is 1.28. The fourth-order valence-corrected chi connectivity index (χ4v) is 3.92. The molecule has 2 heterocycles. The molecule has 0 radical (unpaired) electrons. The van der Waals surface area contributed by atoms with Crippen LogP contribution in [0.3, 0.4) is 0 Å². The summed E-state index contributed by atoms with van der Waals surface area (Å²) in [6.45, 7) is 4.43. The minimum Gasteiger partial charge on any atom is -0.454 e. The second-order valence-corrected chi connectivity index (χ2v) is 8.49.